The fourth-order valence-corrected chi connectivity index (χ4v) is 4.14. The normalized spacial score (nSPS) is 25.8. The molecule has 3 unspecified atom stereocenters. The first-order valence-electron chi connectivity index (χ1n) is 9.53. The molecule has 2 rings (SSSR count). The van der Waals surface area contributed by atoms with Gasteiger partial charge in [0.1, 0.15) is 5.60 Å². The van der Waals surface area contributed by atoms with Crippen molar-refractivity contribution in [2.45, 2.75) is 52.1 Å². The Balaban J connectivity index is 1.99. The maximum absolute atomic E-state index is 12.8. The van der Waals surface area contributed by atoms with Gasteiger partial charge in [-0.05, 0) is 54.7 Å². The van der Waals surface area contributed by atoms with Crippen LogP contribution in [0.5, 0.6) is 11.5 Å². The van der Waals surface area contributed by atoms with E-state index in [4.69, 9.17) is 9.47 Å². The molecule has 0 radical (unpaired) electrons. The molecule has 0 bridgehead atoms. The van der Waals surface area contributed by atoms with Crippen LogP contribution in [-0.4, -0.2) is 37.4 Å². The number of rotatable bonds is 7. The van der Waals surface area contributed by atoms with E-state index in [-0.39, 0.29) is 17.7 Å². The van der Waals surface area contributed by atoms with Gasteiger partial charge in [0.05, 0.1) is 14.2 Å². The van der Waals surface area contributed by atoms with Gasteiger partial charge in [-0.15, -0.1) is 0 Å². The molecule has 1 saturated carbocycles. The summed E-state index contributed by atoms with van der Waals surface area (Å²) < 4.78 is 10.6. The van der Waals surface area contributed by atoms with Gasteiger partial charge in [-0.1, -0.05) is 33.3 Å². The van der Waals surface area contributed by atoms with Crippen molar-refractivity contribution in [2.75, 3.05) is 20.8 Å². The Hall–Kier alpha value is -1.75. The maximum atomic E-state index is 12.8. The lowest BCUT2D eigenvalue weighted by Crippen LogP contribution is -2.56. The molecule has 0 saturated heterocycles. The van der Waals surface area contributed by atoms with E-state index < -0.39 is 5.60 Å². The highest BCUT2D eigenvalue weighted by Crippen LogP contribution is 2.41. The van der Waals surface area contributed by atoms with Crippen LogP contribution < -0.4 is 14.8 Å². The number of carbonyl (C=O) groups is 1. The number of benzene rings is 1. The van der Waals surface area contributed by atoms with Crippen molar-refractivity contribution < 1.29 is 19.4 Å². The van der Waals surface area contributed by atoms with Crippen molar-refractivity contribution in [1.29, 1.82) is 0 Å². The quantitative estimate of drug-likeness (QED) is 0.781. The van der Waals surface area contributed by atoms with E-state index in [1.54, 1.807) is 14.2 Å². The Labute approximate surface area is 157 Å². The second-order valence-electron chi connectivity index (χ2n) is 7.86. The zero-order chi connectivity index (χ0) is 19.3. The van der Waals surface area contributed by atoms with Gasteiger partial charge in [0.2, 0.25) is 0 Å². The third-order valence-corrected chi connectivity index (χ3v) is 5.59. The van der Waals surface area contributed by atoms with Crippen LogP contribution in [-0.2, 0) is 11.2 Å². The second-order valence-corrected chi connectivity index (χ2v) is 7.86. The molecule has 3 atom stereocenters. The molecule has 0 aliphatic heterocycles. The molecule has 5 heteroatoms. The van der Waals surface area contributed by atoms with E-state index in [1.165, 1.54) is 0 Å². The zero-order valence-electron chi connectivity index (χ0n) is 16.7. The fourth-order valence-electron chi connectivity index (χ4n) is 4.14. The smallest absolute Gasteiger partial charge is 0.252 e. The number of methoxy groups -OCH3 is 2. The Morgan fingerprint density at radius 3 is 2.58 bits per heavy atom. The van der Waals surface area contributed by atoms with Crippen molar-refractivity contribution in [3.05, 3.63) is 23.8 Å². The summed E-state index contributed by atoms with van der Waals surface area (Å²) in [5.74, 6) is 1.79. The summed E-state index contributed by atoms with van der Waals surface area (Å²) in [6.45, 7) is 6.76. The summed E-state index contributed by atoms with van der Waals surface area (Å²) in [6, 6.07) is 5.74. The van der Waals surface area contributed by atoms with E-state index in [1.807, 2.05) is 18.2 Å². The minimum atomic E-state index is -1.26. The van der Waals surface area contributed by atoms with Crippen LogP contribution in [0.25, 0.3) is 0 Å². The molecule has 2 N–H and O–H groups in total. The van der Waals surface area contributed by atoms with Gasteiger partial charge in [0, 0.05) is 6.54 Å². The Morgan fingerprint density at radius 1 is 1.27 bits per heavy atom. The van der Waals surface area contributed by atoms with Crippen LogP contribution in [0.4, 0.5) is 0 Å². The number of hydrogen-bond donors (Lipinski definition) is 2. The van der Waals surface area contributed by atoms with Gasteiger partial charge in [-0.3, -0.25) is 4.79 Å². The fraction of sp³-hybridized carbons (Fsp3) is 0.667. The largest absolute Gasteiger partial charge is 0.493 e. The van der Waals surface area contributed by atoms with Crippen LogP contribution in [0, 0.1) is 17.8 Å². The molecule has 1 aromatic carbocycles. The first kappa shape index (κ1) is 20.6. The van der Waals surface area contributed by atoms with Crippen LogP contribution in [0.2, 0.25) is 0 Å². The average Bonchev–Trinajstić information content (AvgIpc) is 2.60. The molecular weight excluding hydrogens is 330 g/mol. The van der Waals surface area contributed by atoms with Gasteiger partial charge < -0.3 is 19.9 Å². The highest BCUT2D eigenvalue weighted by atomic mass is 16.5. The van der Waals surface area contributed by atoms with E-state index in [2.05, 4.69) is 26.1 Å². The molecule has 1 fully saturated rings. The summed E-state index contributed by atoms with van der Waals surface area (Å²) in [4.78, 5) is 12.8. The predicted molar refractivity (Wildman–Crippen MR) is 103 cm³/mol. The van der Waals surface area contributed by atoms with Crippen LogP contribution >= 0.6 is 0 Å². The molecule has 0 spiro atoms. The molecule has 26 heavy (non-hydrogen) atoms. The summed E-state index contributed by atoms with van der Waals surface area (Å²) >= 11 is 0. The highest BCUT2D eigenvalue weighted by Gasteiger charge is 2.48. The summed E-state index contributed by atoms with van der Waals surface area (Å²) in [6.07, 6.45) is 3.19. The lowest BCUT2D eigenvalue weighted by Gasteiger charge is -2.43. The standard InChI is InChI=1S/C21H33NO4/c1-14(2)17-8-6-15(3)13-21(17,24)20(23)22-11-10-16-7-9-18(25-4)19(12-16)26-5/h7,9,12,14-15,17,24H,6,8,10-11,13H2,1-5H3,(H,22,23). The summed E-state index contributed by atoms with van der Waals surface area (Å²) in [5.41, 5.74) is -0.212. The average molecular weight is 363 g/mol. The first-order valence-corrected chi connectivity index (χ1v) is 9.53. The lowest BCUT2D eigenvalue weighted by atomic mass is 9.66. The van der Waals surface area contributed by atoms with Crippen molar-refractivity contribution in [3.63, 3.8) is 0 Å². The van der Waals surface area contributed by atoms with Gasteiger partial charge in [0.25, 0.3) is 5.91 Å². The number of aliphatic hydroxyl groups is 1. The third-order valence-electron chi connectivity index (χ3n) is 5.59. The number of hydrogen-bond acceptors (Lipinski definition) is 4. The lowest BCUT2D eigenvalue weighted by molar-refractivity contribution is -0.155. The van der Waals surface area contributed by atoms with Crippen LogP contribution in [0.3, 0.4) is 0 Å². The zero-order valence-corrected chi connectivity index (χ0v) is 16.7. The minimum absolute atomic E-state index is 0.0137. The van der Waals surface area contributed by atoms with Crippen LogP contribution in [0.1, 0.15) is 45.6 Å². The summed E-state index contributed by atoms with van der Waals surface area (Å²) in [5, 5.41) is 14.1. The van der Waals surface area contributed by atoms with E-state index in [9.17, 15) is 9.90 Å². The molecule has 0 heterocycles. The molecule has 0 aromatic heterocycles. The Kier molecular flexibility index (Phi) is 6.93. The molecule has 1 aliphatic carbocycles. The number of nitrogens with one attached hydrogen (secondary N) is 1. The van der Waals surface area contributed by atoms with E-state index in [0.29, 0.717) is 36.8 Å². The molecule has 146 valence electrons. The maximum Gasteiger partial charge on any atom is 0.252 e. The minimum Gasteiger partial charge on any atom is -0.493 e. The third kappa shape index (κ3) is 4.50. The van der Waals surface area contributed by atoms with E-state index in [0.717, 1.165) is 18.4 Å². The molecular formula is C21H33NO4. The molecule has 1 amide bonds. The SMILES string of the molecule is COc1ccc(CCNC(=O)C2(O)CC(C)CCC2C(C)C)cc1OC. The van der Waals surface area contributed by atoms with Gasteiger partial charge in [0.15, 0.2) is 11.5 Å². The Bertz CT molecular complexity index is 616. The Morgan fingerprint density at radius 2 is 1.96 bits per heavy atom. The van der Waals surface area contributed by atoms with Crippen molar-refractivity contribution in [2.24, 2.45) is 17.8 Å². The van der Waals surface area contributed by atoms with Crippen molar-refractivity contribution >= 4 is 5.91 Å². The molecule has 5 nitrogen and oxygen atoms in total. The predicted octanol–water partition coefficient (Wildman–Crippen LogP) is 3.19. The van der Waals surface area contributed by atoms with Crippen molar-refractivity contribution in [1.82, 2.24) is 5.32 Å². The van der Waals surface area contributed by atoms with E-state index >= 15 is 0 Å². The highest BCUT2D eigenvalue weighted by molar-refractivity contribution is 5.85. The molecule has 1 aromatic rings. The van der Waals surface area contributed by atoms with Crippen LogP contribution in [0.15, 0.2) is 18.2 Å². The second kappa shape index (κ2) is 8.76. The number of ether oxygens (including phenoxy) is 2. The van der Waals surface area contributed by atoms with Crippen molar-refractivity contribution in [3.8, 4) is 11.5 Å². The topological polar surface area (TPSA) is 67.8 Å². The monoisotopic (exact) mass is 363 g/mol. The number of carbonyl (C=O) groups excluding carboxylic acids is 1. The molecule has 1 aliphatic rings. The van der Waals surface area contributed by atoms with Gasteiger partial charge >= 0.3 is 0 Å². The summed E-state index contributed by atoms with van der Waals surface area (Å²) in [7, 11) is 3.21. The first-order chi connectivity index (χ1) is 12.3. The van der Waals surface area contributed by atoms with Gasteiger partial charge in [-0.2, -0.15) is 0 Å². The number of amides is 1. The van der Waals surface area contributed by atoms with Gasteiger partial charge in [-0.25, -0.2) is 0 Å².